The Morgan fingerprint density at radius 1 is 1.43 bits per heavy atom. The van der Waals surface area contributed by atoms with Gasteiger partial charge in [0.15, 0.2) is 5.65 Å². The number of thioether (sulfide) groups is 1. The molecule has 2 aromatic heterocycles. The number of carbonyl (C=O) groups excluding carboxylic acids is 1. The van der Waals surface area contributed by atoms with Crippen LogP contribution in [0.15, 0.2) is 17.4 Å². The number of carboxylic acid groups (broad SMARTS) is 1. The molecule has 122 valence electrons. The predicted octanol–water partition coefficient (Wildman–Crippen LogP) is 1.14. The summed E-state index contributed by atoms with van der Waals surface area (Å²) >= 11 is 1.57. The summed E-state index contributed by atoms with van der Waals surface area (Å²) in [5.41, 5.74) is 0.140. The van der Waals surface area contributed by atoms with Crippen molar-refractivity contribution in [2.45, 2.75) is 24.3 Å². The zero-order chi connectivity index (χ0) is 16.4. The summed E-state index contributed by atoms with van der Waals surface area (Å²) in [5, 5.41) is 25.8. The van der Waals surface area contributed by atoms with Crippen LogP contribution >= 0.6 is 11.8 Å². The molecule has 2 heterocycles. The number of hydrogen-bond acceptors (Lipinski definition) is 6. The summed E-state index contributed by atoms with van der Waals surface area (Å²) in [6.45, 7) is -0.531. The number of fused-ring (bicyclic) bond motifs is 1. The highest BCUT2D eigenvalue weighted by Gasteiger charge is 2.22. The molecule has 0 radical (unpaired) electrons. The largest absolute Gasteiger partial charge is 0.507 e. The van der Waals surface area contributed by atoms with Crippen molar-refractivity contribution in [2.24, 2.45) is 5.92 Å². The first kappa shape index (κ1) is 15.6. The maximum absolute atomic E-state index is 12.1. The van der Waals surface area contributed by atoms with E-state index in [1.165, 1.54) is 36.2 Å². The lowest BCUT2D eigenvalue weighted by atomic mass is 9.87. The van der Waals surface area contributed by atoms with E-state index < -0.39 is 18.4 Å². The van der Waals surface area contributed by atoms with Gasteiger partial charge in [-0.15, -0.1) is 11.8 Å². The molecule has 3 N–H and O–H groups in total. The fraction of sp³-hybridized carbons (Fsp3) is 0.429. The van der Waals surface area contributed by atoms with Crippen LogP contribution in [0.1, 0.15) is 29.6 Å². The van der Waals surface area contributed by atoms with Gasteiger partial charge in [0.1, 0.15) is 29.2 Å². The third-order valence-electron chi connectivity index (χ3n) is 3.82. The Morgan fingerprint density at radius 2 is 2.22 bits per heavy atom. The Kier molecular flexibility index (Phi) is 4.37. The average molecular weight is 336 g/mol. The highest BCUT2D eigenvalue weighted by Crippen LogP contribution is 2.34. The Labute approximate surface area is 135 Å². The van der Waals surface area contributed by atoms with Gasteiger partial charge in [-0.1, -0.05) is 6.42 Å². The minimum Gasteiger partial charge on any atom is -0.507 e. The molecule has 0 saturated heterocycles. The second kappa shape index (κ2) is 6.45. The van der Waals surface area contributed by atoms with Crippen molar-refractivity contribution in [1.82, 2.24) is 19.9 Å². The molecule has 0 aromatic carbocycles. The molecule has 0 atom stereocenters. The topological polar surface area (TPSA) is 117 Å². The molecule has 2 aromatic rings. The van der Waals surface area contributed by atoms with Crippen molar-refractivity contribution < 1.29 is 19.8 Å². The van der Waals surface area contributed by atoms with Gasteiger partial charge in [-0.05, 0) is 18.8 Å². The minimum atomic E-state index is -1.16. The Bertz CT molecular complexity index is 757. The van der Waals surface area contributed by atoms with Crippen LogP contribution in [0.2, 0.25) is 0 Å². The second-order valence-electron chi connectivity index (χ2n) is 5.42. The summed E-state index contributed by atoms with van der Waals surface area (Å²) in [6.07, 6.45) is 5.00. The van der Waals surface area contributed by atoms with Gasteiger partial charge in [-0.2, -0.15) is 5.10 Å². The smallest absolute Gasteiger partial charge is 0.322 e. The number of carbonyl (C=O) groups is 2. The van der Waals surface area contributed by atoms with Crippen molar-refractivity contribution in [3.8, 4) is 5.75 Å². The van der Waals surface area contributed by atoms with Gasteiger partial charge in [-0.3, -0.25) is 9.59 Å². The fourth-order valence-corrected chi connectivity index (χ4v) is 3.56. The van der Waals surface area contributed by atoms with Crippen molar-refractivity contribution in [2.75, 3.05) is 12.3 Å². The summed E-state index contributed by atoms with van der Waals surface area (Å²) in [4.78, 5) is 26.7. The molecule has 8 nitrogen and oxygen atoms in total. The van der Waals surface area contributed by atoms with Crippen LogP contribution < -0.4 is 5.32 Å². The van der Waals surface area contributed by atoms with E-state index in [1.807, 2.05) is 0 Å². The van der Waals surface area contributed by atoms with E-state index in [0.29, 0.717) is 10.9 Å². The monoisotopic (exact) mass is 336 g/mol. The number of aromatic nitrogens is 3. The van der Waals surface area contributed by atoms with E-state index in [0.717, 1.165) is 5.75 Å². The number of aromatic hydroxyl groups is 1. The van der Waals surface area contributed by atoms with Gasteiger partial charge >= 0.3 is 5.97 Å². The first-order valence-corrected chi connectivity index (χ1v) is 8.23. The van der Waals surface area contributed by atoms with Crippen molar-refractivity contribution in [1.29, 1.82) is 0 Å². The number of aliphatic carboxylic acids is 1. The van der Waals surface area contributed by atoms with Gasteiger partial charge in [0.25, 0.3) is 5.91 Å². The molecule has 3 rings (SSSR count). The quantitative estimate of drug-likeness (QED) is 0.677. The van der Waals surface area contributed by atoms with E-state index in [2.05, 4.69) is 15.4 Å². The van der Waals surface area contributed by atoms with E-state index in [1.54, 1.807) is 11.8 Å². The molecule has 0 spiro atoms. The first-order valence-electron chi connectivity index (χ1n) is 7.24. The van der Waals surface area contributed by atoms with E-state index in [4.69, 9.17) is 5.11 Å². The normalized spacial score (nSPS) is 14.6. The molecule has 1 amide bonds. The lowest BCUT2D eigenvalue weighted by molar-refractivity contribution is -0.135. The van der Waals surface area contributed by atoms with Crippen LogP contribution in [-0.4, -0.2) is 49.0 Å². The lowest BCUT2D eigenvalue weighted by Crippen LogP contribution is -2.29. The Morgan fingerprint density at radius 3 is 2.87 bits per heavy atom. The number of pyridine rings is 1. The molecule has 0 aliphatic heterocycles. The van der Waals surface area contributed by atoms with E-state index >= 15 is 0 Å². The van der Waals surface area contributed by atoms with Gasteiger partial charge in [0.05, 0.1) is 0 Å². The Balaban J connectivity index is 1.87. The van der Waals surface area contributed by atoms with Gasteiger partial charge in [-0.25, -0.2) is 9.50 Å². The fourth-order valence-electron chi connectivity index (χ4n) is 2.37. The maximum atomic E-state index is 12.1. The van der Waals surface area contributed by atoms with Crippen molar-refractivity contribution >= 4 is 29.3 Å². The second-order valence-corrected chi connectivity index (χ2v) is 6.46. The molecule has 1 aliphatic carbocycles. The highest BCUT2D eigenvalue weighted by molar-refractivity contribution is 7.99. The van der Waals surface area contributed by atoms with Crippen LogP contribution in [-0.2, 0) is 4.79 Å². The zero-order valence-electron chi connectivity index (χ0n) is 12.2. The number of amides is 1. The molecule has 1 saturated carbocycles. The van der Waals surface area contributed by atoms with Crippen LogP contribution in [0.4, 0.5) is 0 Å². The van der Waals surface area contributed by atoms with Crippen LogP contribution in [0.25, 0.3) is 5.65 Å². The standard InChI is InChI=1S/C14H16N4O4S/c19-9-4-10(23-6-8-2-1-3-8)18-13(16-7-17-18)12(9)14(22)15-5-11(20)21/h4,7-8,19H,1-3,5-6H2,(H,15,22)(H,20,21). The van der Waals surface area contributed by atoms with Crippen molar-refractivity contribution in [3.05, 3.63) is 18.0 Å². The van der Waals surface area contributed by atoms with Crippen molar-refractivity contribution in [3.63, 3.8) is 0 Å². The van der Waals surface area contributed by atoms with Crippen LogP contribution in [0.5, 0.6) is 5.75 Å². The molecule has 1 aliphatic rings. The Hall–Kier alpha value is -2.29. The molecule has 0 bridgehead atoms. The average Bonchev–Trinajstić information content (AvgIpc) is 2.92. The van der Waals surface area contributed by atoms with Gasteiger partial charge < -0.3 is 15.5 Å². The maximum Gasteiger partial charge on any atom is 0.322 e. The number of rotatable bonds is 6. The number of carboxylic acids is 1. The number of nitrogens with one attached hydrogen (secondary N) is 1. The molecule has 9 heteroatoms. The highest BCUT2D eigenvalue weighted by atomic mass is 32.2. The van der Waals surface area contributed by atoms with E-state index in [-0.39, 0.29) is 17.0 Å². The van der Waals surface area contributed by atoms with Gasteiger partial charge in [0, 0.05) is 11.8 Å². The summed E-state index contributed by atoms with van der Waals surface area (Å²) < 4.78 is 1.50. The molecular weight excluding hydrogens is 320 g/mol. The SMILES string of the molecule is O=C(O)CNC(=O)c1c(O)cc(SCC2CCC2)n2ncnc12. The van der Waals surface area contributed by atoms with E-state index in [9.17, 15) is 14.7 Å². The minimum absolute atomic E-state index is 0.0725. The summed E-state index contributed by atoms with van der Waals surface area (Å²) in [7, 11) is 0. The first-order chi connectivity index (χ1) is 11.1. The zero-order valence-corrected chi connectivity index (χ0v) is 13.0. The summed E-state index contributed by atoms with van der Waals surface area (Å²) in [5.74, 6) is -0.482. The van der Waals surface area contributed by atoms with Crippen LogP contribution in [0, 0.1) is 5.92 Å². The summed E-state index contributed by atoms with van der Waals surface area (Å²) in [6, 6.07) is 1.47. The van der Waals surface area contributed by atoms with Gasteiger partial charge in [0.2, 0.25) is 0 Å². The third kappa shape index (κ3) is 3.24. The predicted molar refractivity (Wildman–Crippen MR) is 82.7 cm³/mol. The van der Waals surface area contributed by atoms with Crippen LogP contribution in [0.3, 0.4) is 0 Å². The third-order valence-corrected chi connectivity index (χ3v) is 5.04. The number of hydrogen-bond donors (Lipinski definition) is 3. The molecule has 23 heavy (non-hydrogen) atoms. The lowest BCUT2D eigenvalue weighted by Gasteiger charge is -2.24. The number of nitrogens with zero attached hydrogens (tertiary/aromatic N) is 3. The molecule has 0 unspecified atom stereocenters. The molecular formula is C14H16N4O4S. The molecule has 1 fully saturated rings.